The number of carbonyl (C=O) groups is 2. The monoisotopic (exact) mass is 357 g/mol. The van der Waals surface area contributed by atoms with Gasteiger partial charge in [0.2, 0.25) is 5.91 Å². The quantitative estimate of drug-likeness (QED) is 0.796. The molecular weight excluding hydrogens is 330 g/mol. The molecule has 140 valence electrons. The highest BCUT2D eigenvalue weighted by Gasteiger charge is 2.16. The van der Waals surface area contributed by atoms with E-state index in [2.05, 4.69) is 15.7 Å². The fourth-order valence-electron chi connectivity index (χ4n) is 2.74. The Labute approximate surface area is 154 Å². The summed E-state index contributed by atoms with van der Waals surface area (Å²) < 4.78 is 1.91. The minimum atomic E-state index is -0.450. The van der Waals surface area contributed by atoms with Crippen LogP contribution >= 0.6 is 0 Å². The van der Waals surface area contributed by atoms with Crippen molar-refractivity contribution < 1.29 is 9.59 Å². The van der Waals surface area contributed by atoms with E-state index in [0.29, 0.717) is 13.1 Å². The van der Waals surface area contributed by atoms with E-state index in [4.69, 9.17) is 0 Å². The van der Waals surface area contributed by atoms with E-state index in [1.54, 1.807) is 0 Å². The second-order valence-corrected chi connectivity index (χ2v) is 6.37. The molecule has 0 unspecified atom stereocenters. The number of imide groups is 1. The van der Waals surface area contributed by atoms with Gasteiger partial charge in [-0.05, 0) is 39.4 Å². The minimum Gasteiger partial charge on any atom is -0.338 e. The Morgan fingerprint density at radius 3 is 2.54 bits per heavy atom. The fraction of sp³-hybridized carbons (Fsp3) is 0.421. The predicted molar refractivity (Wildman–Crippen MR) is 101 cm³/mol. The van der Waals surface area contributed by atoms with Gasteiger partial charge >= 0.3 is 6.03 Å². The first-order valence-corrected chi connectivity index (χ1v) is 8.79. The molecular formula is C19H27N5O2. The molecule has 7 nitrogen and oxygen atoms in total. The molecule has 1 heterocycles. The van der Waals surface area contributed by atoms with E-state index in [1.807, 2.05) is 67.7 Å². The fourth-order valence-corrected chi connectivity index (χ4v) is 2.74. The van der Waals surface area contributed by atoms with Gasteiger partial charge < -0.3 is 5.32 Å². The molecule has 26 heavy (non-hydrogen) atoms. The second kappa shape index (κ2) is 9.15. The number of benzene rings is 1. The number of nitrogens with one attached hydrogen (secondary N) is 2. The molecule has 0 aliphatic rings. The van der Waals surface area contributed by atoms with Gasteiger partial charge in [-0.2, -0.15) is 5.10 Å². The van der Waals surface area contributed by atoms with Crippen LogP contribution in [0.1, 0.15) is 30.3 Å². The number of rotatable bonds is 7. The summed E-state index contributed by atoms with van der Waals surface area (Å²) in [5.41, 5.74) is 4.06. The molecule has 0 aliphatic heterocycles. The molecule has 2 N–H and O–H groups in total. The number of para-hydroxylation sites is 1. The zero-order valence-corrected chi connectivity index (χ0v) is 15.9. The van der Waals surface area contributed by atoms with Gasteiger partial charge in [-0.3, -0.25) is 15.0 Å². The number of carbonyl (C=O) groups excluding carboxylic acids is 2. The number of aryl methyl sites for hydroxylation is 1. The second-order valence-electron chi connectivity index (χ2n) is 6.37. The van der Waals surface area contributed by atoms with Gasteiger partial charge in [-0.15, -0.1) is 0 Å². The molecule has 0 fully saturated rings. The van der Waals surface area contributed by atoms with E-state index in [1.165, 1.54) is 0 Å². The highest BCUT2D eigenvalue weighted by molar-refractivity contribution is 5.95. The maximum absolute atomic E-state index is 12.0. The van der Waals surface area contributed by atoms with Gasteiger partial charge in [0.25, 0.3) is 0 Å². The van der Waals surface area contributed by atoms with Crippen LogP contribution in [0.3, 0.4) is 0 Å². The highest BCUT2D eigenvalue weighted by Crippen LogP contribution is 2.19. The zero-order valence-electron chi connectivity index (χ0n) is 15.9. The SMILES string of the molecule is CCCNC(=O)NC(=O)CN(C)Cc1c(C)nn(-c2ccccc2)c1C. The van der Waals surface area contributed by atoms with Gasteiger partial charge in [0, 0.05) is 24.3 Å². The van der Waals surface area contributed by atoms with Crippen molar-refractivity contribution in [3.8, 4) is 5.69 Å². The smallest absolute Gasteiger partial charge is 0.321 e. The van der Waals surface area contributed by atoms with Crippen molar-refractivity contribution in [2.75, 3.05) is 20.1 Å². The normalized spacial score (nSPS) is 10.8. The van der Waals surface area contributed by atoms with Crippen molar-refractivity contribution in [1.29, 1.82) is 0 Å². The molecule has 2 aromatic rings. The Bertz CT molecular complexity index is 755. The Balaban J connectivity index is 1.99. The zero-order chi connectivity index (χ0) is 19.1. The maximum atomic E-state index is 12.0. The Morgan fingerprint density at radius 1 is 1.19 bits per heavy atom. The van der Waals surface area contributed by atoms with E-state index < -0.39 is 6.03 Å². The Morgan fingerprint density at radius 2 is 1.88 bits per heavy atom. The molecule has 0 saturated heterocycles. The largest absolute Gasteiger partial charge is 0.338 e. The number of hydrogen-bond acceptors (Lipinski definition) is 4. The lowest BCUT2D eigenvalue weighted by Gasteiger charge is -2.16. The average Bonchev–Trinajstić information content (AvgIpc) is 2.88. The maximum Gasteiger partial charge on any atom is 0.321 e. The number of aromatic nitrogens is 2. The molecule has 7 heteroatoms. The van der Waals surface area contributed by atoms with Crippen LogP contribution in [0.15, 0.2) is 30.3 Å². The Kier molecular flexibility index (Phi) is 6.91. The molecule has 0 bridgehead atoms. The number of hydrogen-bond donors (Lipinski definition) is 2. The summed E-state index contributed by atoms with van der Waals surface area (Å²) >= 11 is 0. The first kappa shape index (κ1) is 19.7. The average molecular weight is 357 g/mol. The van der Waals surface area contributed by atoms with Crippen LogP contribution in [-0.2, 0) is 11.3 Å². The summed E-state index contributed by atoms with van der Waals surface area (Å²) in [4.78, 5) is 25.4. The van der Waals surface area contributed by atoms with Crippen LogP contribution in [0, 0.1) is 13.8 Å². The Hall–Kier alpha value is -2.67. The third kappa shape index (κ3) is 5.16. The molecule has 0 aliphatic carbocycles. The number of likely N-dealkylation sites (N-methyl/N-ethyl adjacent to an activating group) is 1. The van der Waals surface area contributed by atoms with Crippen LogP contribution in [0.5, 0.6) is 0 Å². The van der Waals surface area contributed by atoms with Crippen molar-refractivity contribution in [3.05, 3.63) is 47.3 Å². The van der Waals surface area contributed by atoms with Gasteiger partial charge in [-0.25, -0.2) is 9.48 Å². The van der Waals surface area contributed by atoms with Crippen molar-refractivity contribution in [2.45, 2.75) is 33.7 Å². The molecule has 0 spiro atoms. The lowest BCUT2D eigenvalue weighted by atomic mass is 10.2. The van der Waals surface area contributed by atoms with Crippen molar-refractivity contribution in [2.24, 2.45) is 0 Å². The molecule has 2 rings (SSSR count). The molecule has 0 radical (unpaired) electrons. The number of nitrogens with zero attached hydrogens (tertiary/aromatic N) is 3. The lowest BCUT2D eigenvalue weighted by molar-refractivity contribution is -0.120. The topological polar surface area (TPSA) is 79.3 Å². The molecule has 0 atom stereocenters. The van der Waals surface area contributed by atoms with E-state index in [-0.39, 0.29) is 12.5 Å². The van der Waals surface area contributed by atoms with Crippen LogP contribution < -0.4 is 10.6 Å². The summed E-state index contributed by atoms with van der Waals surface area (Å²) in [5, 5.41) is 9.58. The van der Waals surface area contributed by atoms with Crippen molar-refractivity contribution in [1.82, 2.24) is 25.3 Å². The highest BCUT2D eigenvalue weighted by atomic mass is 16.2. The predicted octanol–water partition coefficient (Wildman–Crippen LogP) is 2.16. The number of urea groups is 1. The molecule has 0 saturated carbocycles. The molecule has 1 aromatic carbocycles. The first-order chi connectivity index (χ1) is 12.4. The standard InChI is InChI=1S/C19H27N5O2/c1-5-11-20-19(26)21-18(25)13-23(4)12-17-14(2)22-24(15(17)3)16-9-7-6-8-10-16/h6-10H,5,11-13H2,1-4H3,(H2,20,21,25,26). The van der Waals surface area contributed by atoms with Crippen LogP contribution in [0.4, 0.5) is 4.79 Å². The summed E-state index contributed by atoms with van der Waals surface area (Å²) in [5.74, 6) is -0.327. The van der Waals surface area contributed by atoms with Gasteiger partial charge in [0.05, 0.1) is 17.9 Å². The summed E-state index contributed by atoms with van der Waals surface area (Å²) in [7, 11) is 1.85. The third-order valence-corrected chi connectivity index (χ3v) is 4.07. The summed E-state index contributed by atoms with van der Waals surface area (Å²) in [6.07, 6.45) is 0.825. The first-order valence-electron chi connectivity index (χ1n) is 8.79. The van der Waals surface area contributed by atoms with Gasteiger partial charge in [0.15, 0.2) is 0 Å². The molecule has 3 amide bonds. The van der Waals surface area contributed by atoms with Crippen LogP contribution in [-0.4, -0.2) is 46.8 Å². The van der Waals surface area contributed by atoms with Crippen LogP contribution in [0.25, 0.3) is 5.69 Å². The van der Waals surface area contributed by atoms with Crippen molar-refractivity contribution in [3.63, 3.8) is 0 Å². The minimum absolute atomic E-state index is 0.134. The van der Waals surface area contributed by atoms with E-state index >= 15 is 0 Å². The lowest BCUT2D eigenvalue weighted by Crippen LogP contribution is -2.43. The number of amides is 3. The third-order valence-electron chi connectivity index (χ3n) is 4.07. The van der Waals surface area contributed by atoms with E-state index in [9.17, 15) is 9.59 Å². The van der Waals surface area contributed by atoms with E-state index in [0.717, 1.165) is 29.1 Å². The van der Waals surface area contributed by atoms with Gasteiger partial charge in [0.1, 0.15) is 0 Å². The molecule has 1 aromatic heterocycles. The van der Waals surface area contributed by atoms with Crippen LogP contribution in [0.2, 0.25) is 0 Å². The van der Waals surface area contributed by atoms with Crippen molar-refractivity contribution >= 4 is 11.9 Å². The summed E-state index contributed by atoms with van der Waals surface area (Å²) in [6.45, 7) is 7.20. The summed E-state index contributed by atoms with van der Waals surface area (Å²) in [6, 6.07) is 9.50. The van der Waals surface area contributed by atoms with Gasteiger partial charge in [-0.1, -0.05) is 25.1 Å².